The minimum absolute atomic E-state index is 0.311. The molecule has 0 bridgehead atoms. The highest BCUT2D eigenvalue weighted by Gasteiger charge is 2.42. The lowest BCUT2D eigenvalue weighted by Gasteiger charge is -2.46. The Balaban J connectivity index is 2.07. The van der Waals surface area contributed by atoms with Crippen LogP contribution in [0, 0.1) is 0 Å². The van der Waals surface area contributed by atoms with Crippen molar-refractivity contribution in [1.29, 1.82) is 0 Å². The lowest BCUT2D eigenvalue weighted by atomic mass is 9.73. The van der Waals surface area contributed by atoms with Crippen molar-refractivity contribution in [3.63, 3.8) is 0 Å². The van der Waals surface area contributed by atoms with Crippen LogP contribution in [-0.4, -0.2) is 11.1 Å². The number of fused-ring (bicyclic) bond motifs is 2. The van der Waals surface area contributed by atoms with Crippen LogP contribution < -0.4 is 11.1 Å². The second kappa shape index (κ2) is 2.84. The average Bonchev–Trinajstić information content (AvgIpc) is 2.57. The Hall–Kier alpha value is -0.800. The fourth-order valence-corrected chi connectivity index (χ4v) is 2.83. The molecule has 1 aliphatic heterocycles. The molecule has 2 aliphatic rings. The van der Waals surface area contributed by atoms with Crippen molar-refractivity contribution >= 4 is 0 Å². The van der Waals surface area contributed by atoms with Gasteiger partial charge in [0.15, 0.2) is 0 Å². The largest absolute Gasteiger partial charge is 0.344 e. The molecule has 0 atom stereocenters. The summed E-state index contributed by atoms with van der Waals surface area (Å²) >= 11 is 0. The van der Waals surface area contributed by atoms with Crippen molar-refractivity contribution in [2.45, 2.75) is 37.9 Å². The van der Waals surface area contributed by atoms with Gasteiger partial charge < -0.3 is 15.6 Å². The molecule has 0 unspecified atom stereocenters. The predicted molar refractivity (Wildman–Crippen MR) is 55.9 cm³/mol. The Bertz CT molecular complexity index is 349. The lowest BCUT2D eigenvalue weighted by molar-refractivity contribution is 0.151. The van der Waals surface area contributed by atoms with Gasteiger partial charge in [-0.05, 0) is 31.4 Å². The second-order valence-corrected chi connectivity index (χ2v) is 4.43. The highest BCUT2D eigenvalue weighted by atomic mass is 15.2. The lowest BCUT2D eigenvalue weighted by Crippen LogP contribution is -2.53. The number of hydrogen-bond donors (Lipinski definition) is 2. The van der Waals surface area contributed by atoms with Crippen molar-refractivity contribution in [3.8, 4) is 0 Å². The molecule has 1 aromatic rings. The maximum absolute atomic E-state index is 5.73. The molecule has 3 nitrogen and oxygen atoms in total. The molecular formula is C11H17N3. The standard InChI is InChI=1S/C11H17N3/c12-8-9-2-3-10-11(4-1-5-11)13-6-7-14(9)10/h2-3,13H,1,4-8,12H2. The van der Waals surface area contributed by atoms with E-state index in [0.29, 0.717) is 12.1 Å². The van der Waals surface area contributed by atoms with Crippen LogP contribution in [0.3, 0.4) is 0 Å². The van der Waals surface area contributed by atoms with Gasteiger partial charge in [0.2, 0.25) is 0 Å². The molecular weight excluding hydrogens is 174 g/mol. The van der Waals surface area contributed by atoms with E-state index in [9.17, 15) is 0 Å². The van der Waals surface area contributed by atoms with Gasteiger partial charge in [-0.3, -0.25) is 0 Å². The van der Waals surface area contributed by atoms with Crippen LogP contribution >= 0.6 is 0 Å². The zero-order valence-corrected chi connectivity index (χ0v) is 8.42. The molecule has 1 aliphatic carbocycles. The summed E-state index contributed by atoms with van der Waals surface area (Å²) in [6.45, 7) is 2.83. The van der Waals surface area contributed by atoms with Gasteiger partial charge in [-0.15, -0.1) is 0 Å². The molecule has 1 saturated carbocycles. The summed E-state index contributed by atoms with van der Waals surface area (Å²) in [6.07, 6.45) is 3.94. The highest BCUT2D eigenvalue weighted by Crippen LogP contribution is 2.43. The van der Waals surface area contributed by atoms with Crippen LogP contribution in [0.5, 0.6) is 0 Å². The molecule has 0 aromatic carbocycles. The van der Waals surface area contributed by atoms with Gasteiger partial charge in [0.1, 0.15) is 0 Å². The molecule has 76 valence electrons. The maximum Gasteiger partial charge on any atom is 0.0589 e. The first-order valence-corrected chi connectivity index (χ1v) is 5.50. The molecule has 3 N–H and O–H groups in total. The Morgan fingerprint density at radius 2 is 2.29 bits per heavy atom. The van der Waals surface area contributed by atoms with E-state index < -0.39 is 0 Å². The van der Waals surface area contributed by atoms with Gasteiger partial charge in [-0.2, -0.15) is 0 Å². The zero-order chi connectivity index (χ0) is 9.60. The van der Waals surface area contributed by atoms with Crippen LogP contribution in [-0.2, 0) is 18.6 Å². The quantitative estimate of drug-likeness (QED) is 0.693. The first-order chi connectivity index (χ1) is 6.86. The van der Waals surface area contributed by atoms with E-state index in [0.717, 1.165) is 13.1 Å². The Morgan fingerprint density at radius 1 is 1.43 bits per heavy atom. The van der Waals surface area contributed by atoms with Crippen molar-refractivity contribution in [2.24, 2.45) is 5.73 Å². The van der Waals surface area contributed by atoms with E-state index in [-0.39, 0.29) is 0 Å². The third-order valence-corrected chi connectivity index (χ3v) is 3.78. The van der Waals surface area contributed by atoms with Crippen molar-refractivity contribution in [2.75, 3.05) is 6.54 Å². The first kappa shape index (κ1) is 8.50. The fourth-order valence-electron chi connectivity index (χ4n) is 2.83. The van der Waals surface area contributed by atoms with Crippen LogP contribution in [0.2, 0.25) is 0 Å². The van der Waals surface area contributed by atoms with E-state index in [1.54, 1.807) is 0 Å². The molecule has 1 aromatic heterocycles. The SMILES string of the molecule is NCc1ccc2n1CCNC21CCC1. The van der Waals surface area contributed by atoms with Gasteiger partial charge in [-0.1, -0.05) is 0 Å². The zero-order valence-electron chi connectivity index (χ0n) is 8.42. The molecule has 3 heteroatoms. The van der Waals surface area contributed by atoms with Gasteiger partial charge >= 0.3 is 0 Å². The highest BCUT2D eigenvalue weighted by molar-refractivity contribution is 5.28. The normalized spacial score (nSPS) is 23.2. The Labute approximate surface area is 84.3 Å². The molecule has 2 heterocycles. The van der Waals surface area contributed by atoms with Crippen LogP contribution in [0.15, 0.2) is 12.1 Å². The van der Waals surface area contributed by atoms with E-state index in [1.807, 2.05) is 0 Å². The molecule has 0 radical (unpaired) electrons. The predicted octanol–water partition coefficient (Wildman–Crippen LogP) is 0.929. The molecule has 1 fully saturated rings. The third-order valence-electron chi connectivity index (χ3n) is 3.78. The van der Waals surface area contributed by atoms with E-state index >= 15 is 0 Å². The maximum atomic E-state index is 5.73. The molecule has 1 spiro atoms. The van der Waals surface area contributed by atoms with E-state index in [1.165, 1.54) is 30.7 Å². The number of hydrogen-bond acceptors (Lipinski definition) is 2. The topological polar surface area (TPSA) is 43.0 Å². The summed E-state index contributed by atoms with van der Waals surface area (Å²) in [4.78, 5) is 0. The summed E-state index contributed by atoms with van der Waals surface area (Å²) in [6, 6.07) is 4.44. The molecule has 0 saturated heterocycles. The Kier molecular flexibility index (Phi) is 1.73. The number of nitrogens with zero attached hydrogens (tertiary/aromatic N) is 1. The van der Waals surface area contributed by atoms with E-state index in [4.69, 9.17) is 5.73 Å². The monoisotopic (exact) mass is 191 g/mol. The van der Waals surface area contributed by atoms with Crippen LogP contribution in [0.25, 0.3) is 0 Å². The fraction of sp³-hybridized carbons (Fsp3) is 0.636. The van der Waals surface area contributed by atoms with Crippen molar-refractivity contribution < 1.29 is 0 Å². The van der Waals surface area contributed by atoms with Crippen molar-refractivity contribution in [3.05, 3.63) is 23.5 Å². The number of nitrogens with two attached hydrogens (primary N) is 1. The summed E-state index contributed by atoms with van der Waals surface area (Å²) in [5.41, 5.74) is 8.79. The van der Waals surface area contributed by atoms with E-state index in [2.05, 4.69) is 22.0 Å². The van der Waals surface area contributed by atoms with Crippen LogP contribution in [0.1, 0.15) is 30.7 Å². The smallest absolute Gasteiger partial charge is 0.0589 e. The molecule has 0 amide bonds. The number of nitrogens with one attached hydrogen (secondary N) is 1. The summed E-state index contributed by atoms with van der Waals surface area (Å²) in [7, 11) is 0. The van der Waals surface area contributed by atoms with Crippen molar-refractivity contribution in [1.82, 2.24) is 9.88 Å². The Morgan fingerprint density at radius 3 is 2.93 bits per heavy atom. The molecule has 14 heavy (non-hydrogen) atoms. The van der Waals surface area contributed by atoms with Gasteiger partial charge in [0, 0.05) is 31.0 Å². The number of aromatic nitrogens is 1. The molecule has 3 rings (SSSR count). The number of rotatable bonds is 1. The van der Waals surface area contributed by atoms with Gasteiger partial charge in [0.25, 0.3) is 0 Å². The van der Waals surface area contributed by atoms with Gasteiger partial charge in [-0.25, -0.2) is 0 Å². The van der Waals surface area contributed by atoms with Crippen LogP contribution in [0.4, 0.5) is 0 Å². The average molecular weight is 191 g/mol. The minimum atomic E-state index is 0.311. The summed E-state index contributed by atoms with van der Waals surface area (Å²) in [5, 5.41) is 3.66. The minimum Gasteiger partial charge on any atom is -0.344 e. The first-order valence-electron chi connectivity index (χ1n) is 5.50. The summed E-state index contributed by atoms with van der Waals surface area (Å²) in [5.74, 6) is 0. The third kappa shape index (κ3) is 0.940. The summed E-state index contributed by atoms with van der Waals surface area (Å²) < 4.78 is 2.41. The second-order valence-electron chi connectivity index (χ2n) is 4.43. The van der Waals surface area contributed by atoms with Gasteiger partial charge in [0.05, 0.1) is 5.54 Å².